The molecule has 0 aromatic rings. The first-order valence-corrected chi connectivity index (χ1v) is 2.68. The Labute approximate surface area is 96.7 Å². The van der Waals surface area contributed by atoms with Crippen LogP contribution < -0.4 is 29.6 Å². The molecule has 0 aromatic carbocycles. The first-order chi connectivity index (χ1) is 2.00. The number of hydrogen-bond acceptors (Lipinski definition) is 4. The Morgan fingerprint density at radius 1 is 1.00 bits per heavy atom. The Bertz CT molecular complexity index is 40.8. The molecule has 0 bridgehead atoms. The standard InChI is InChI=1S/ClH.Mg.Na.H4O4Si.3H/c;;;1-5(2,3)4;;;/h1H;;;1-4H;;;/q;+2;+1;;3*-1. The van der Waals surface area contributed by atoms with E-state index in [2.05, 4.69) is 0 Å². The summed E-state index contributed by atoms with van der Waals surface area (Å²) in [5.41, 5.74) is 0. The monoisotopic (exact) mass is 182 g/mol. The van der Waals surface area contributed by atoms with Crippen molar-refractivity contribution in [1.29, 1.82) is 0 Å². The van der Waals surface area contributed by atoms with Crippen LogP contribution in [0, 0.1) is 0 Å². The normalized spacial score (nSPS) is 7.50. The van der Waals surface area contributed by atoms with Crippen LogP contribution in [0.3, 0.4) is 0 Å². The van der Waals surface area contributed by atoms with Gasteiger partial charge < -0.3 is 23.5 Å². The largest absolute Gasteiger partial charge is 2.00 e. The van der Waals surface area contributed by atoms with E-state index in [9.17, 15) is 0 Å². The van der Waals surface area contributed by atoms with Gasteiger partial charge in [0.25, 0.3) is 0 Å². The molecule has 0 aliphatic carbocycles. The van der Waals surface area contributed by atoms with Crippen LogP contribution in [0.1, 0.15) is 4.28 Å². The fraction of sp³-hybridized carbons (Fsp3) is 0. The summed E-state index contributed by atoms with van der Waals surface area (Å²) in [5, 5.41) is 0. The number of hydrogen-bond donors (Lipinski definition) is 4. The molecule has 0 saturated carbocycles. The summed E-state index contributed by atoms with van der Waals surface area (Å²) in [6, 6.07) is 0. The Hall–Kier alpha value is 2.11. The molecule has 0 heterocycles. The van der Waals surface area contributed by atoms with Crippen LogP contribution in [0.4, 0.5) is 0 Å². The number of halogens is 1. The molecular formula is H8ClMgNaO4Si. The van der Waals surface area contributed by atoms with Crippen molar-refractivity contribution in [1.82, 2.24) is 0 Å². The Kier molecular flexibility index (Phi) is 25.6. The molecule has 8 heteroatoms. The molecular weight excluding hydrogens is 175 g/mol. The van der Waals surface area contributed by atoms with Crippen molar-refractivity contribution in [3.63, 3.8) is 0 Å². The van der Waals surface area contributed by atoms with Crippen LogP contribution in [0.2, 0.25) is 0 Å². The van der Waals surface area contributed by atoms with Gasteiger partial charge in [-0.1, -0.05) is 0 Å². The van der Waals surface area contributed by atoms with Gasteiger partial charge in [-0.3, -0.25) is 0 Å². The quantitative estimate of drug-likeness (QED) is 0.283. The molecule has 0 amide bonds. The van der Waals surface area contributed by atoms with Gasteiger partial charge in [0.1, 0.15) is 0 Å². The molecule has 0 unspecified atom stereocenters. The van der Waals surface area contributed by atoms with E-state index in [0.717, 1.165) is 0 Å². The molecule has 0 rings (SSSR count). The van der Waals surface area contributed by atoms with Crippen molar-refractivity contribution in [3.05, 3.63) is 0 Å². The Morgan fingerprint density at radius 2 is 1.00 bits per heavy atom. The van der Waals surface area contributed by atoms with Crippen LogP contribution in [-0.4, -0.2) is 51.3 Å². The molecule has 4 N–H and O–H groups in total. The average Bonchev–Trinajstić information content (AvgIpc) is 0.722. The van der Waals surface area contributed by atoms with E-state index in [1.807, 2.05) is 0 Å². The van der Waals surface area contributed by atoms with E-state index in [4.69, 9.17) is 19.2 Å². The van der Waals surface area contributed by atoms with E-state index in [-0.39, 0.29) is 69.3 Å². The van der Waals surface area contributed by atoms with Crippen molar-refractivity contribution in [3.8, 4) is 0 Å². The summed E-state index contributed by atoms with van der Waals surface area (Å²) < 4.78 is 0. The Morgan fingerprint density at radius 3 is 1.00 bits per heavy atom. The fourth-order valence-electron chi connectivity index (χ4n) is 0. The third-order valence-electron chi connectivity index (χ3n) is 0. The molecule has 0 aliphatic rings. The second kappa shape index (κ2) is 9.11. The van der Waals surface area contributed by atoms with Crippen LogP contribution >= 0.6 is 12.4 Å². The second-order valence-corrected chi connectivity index (χ2v) is 1.80. The van der Waals surface area contributed by atoms with Gasteiger partial charge in [0, 0.05) is 0 Å². The van der Waals surface area contributed by atoms with Crippen molar-refractivity contribution in [2.45, 2.75) is 0 Å². The summed E-state index contributed by atoms with van der Waals surface area (Å²) in [4.78, 5) is 29.3. The van der Waals surface area contributed by atoms with Gasteiger partial charge in [-0.2, -0.15) is 0 Å². The summed E-state index contributed by atoms with van der Waals surface area (Å²) in [6.45, 7) is 0. The third-order valence-corrected chi connectivity index (χ3v) is 0. The van der Waals surface area contributed by atoms with Gasteiger partial charge in [0.15, 0.2) is 0 Å². The molecule has 0 aliphatic heterocycles. The van der Waals surface area contributed by atoms with E-state index in [1.54, 1.807) is 0 Å². The van der Waals surface area contributed by atoms with Gasteiger partial charge >= 0.3 is 61.7 Å². The van der Waals surface area contributed by atoms with Gasteiger partial charge in [-0.25, -0.2) is 0 Å². The fourth-order valence-corrected chi connectivity index (χ4v) is 0. The van der Waals surface area contributed by atoms with E-state index in [1.165, 1.54) is 0 Å². The average molecular weight is 183 g/mol. The van der Waals surface area contributed by atoms with E-state index >= 15 is 0 Å². The van der Waals surface area contributed by atoms with E-state index in [0.29, 0.717) is 0 Å². The summed E-state index contributed by atoms with van der Waals surface area (Å²) >= 11 is 0. The Balaban J connectivity index is -0.00000000533. The topological polar surface area (TPSA) is 80.9 Å². The summed E-state index contributed by atoms with van der Waals surface area (Å²) in [5.74, 6) is 0. The minimum atomic E-state index is -4.61. The molecule has 0 aromatic heterocycles. The zero-order chi connectivity index (χ0) is 4.50. The second-order valence-electron chi connectivity index (χ2n) is 0.600. The first-order valence-electron chi connectivity index (χ1n) is 0.894. The molecule has 0 saturated heterocycles. The summed E-state index contributed by atoms with van der Waals surface area (Å²) in [6.07, 6.45) is 0. The van der Waals surface area contributed by atoms with Gasteiger partial charge in [0.2, 0.25) is 0 Å². The summed E-state index contributed by atoms with van der Waals surface area (Å²) in [7, 11) is -4.61. The molecule has 8 heavy (non-hydrogen) atoms. The smallest absolute Gasteiger partial charge is 1.00 e. The number of rotatable bonds is 0. The van der Waals surface area contributed by atoms with Crippen LogP contribution in [0.5, 0.6) is 0 Å². The third kappa shape index (κ3) is 91.9. The van der Waals surface area contributed by atoms with Crippen molar-refractivity contribution in [2.24, 2.45) is 0 Å². The minimum Gasteiger partial charge on any atom is -1.00 e. The molecule has 0 fully saturated rings. The van der Waals surface area contributed by atoms with Crippen LogP contribution in [0.25, 0.3) is 0 Å². The van der Waals surface area contributed by atoms with E-state index < -0.39 is 9.05 Å². The van der Waals surface area contributed by atoms with Crippen LogP contribution in [-0.2, 0) is 0 Å². The van der Waals surface area contributed by atoms with Gasteiger partial charge in [0.05, 0.1) is 0 Å². The predicted octanol–water partition coefficient (Wildman–Crippen LogP) is -5.23. The molecule has 46 valence electrons. The zero-order valence-corrected chi connectivity index (χ0v) is 9.63. The first kappa shape index (κ1) is 22.5. The molecule has 0 spiro atoms. The SMILES string of the molecule is Cl.O[Si](O)(O)O.[H-].[H-].[H-].[Mg+2].[Na+]. The maximum absolute atomic E-state index is 7.33. The van der Waals surface area contributed by atoms with Gasteiger partial charge in [-0.15, -0.1) is 12.4 Å². The molecule has 0 radical (unpaired) electrons. The molecule has 0 atom stereocenters. The van der Waals surface area contributed by atoms with Crippen molar-refractivity contribution >= 4 is 44.5 Å². The zero-order valence-electron chi connectivity index (χ0n) is 7.40. The van der Waals surface area contributed by atoms with Crippen molar-refractivity contribution in [2.75, 3.05) is 0 Å². The molecule has 4 nitrogen and oxygen atoms in total. The maximum atomic E-state index is 7.33. The minimum absolute atomic E-state index is 0. The maximum Gasteiger partial charge on any atom is 2.00 e. The predicted molar refractivity (Wildman–Crippen MR) is 31.0 cm³/mol. The van der Waals surface area contributed by atoms with Crippen molar-refractivity contribution < 1.29 is 53.0 Å². The van der Waals surface area contributed by atoms with Gasteiger partial charge in [-0.05, 0) is 0 Å². The van der Waals surface area contributed by atoms with Crippen LogP contribution in [0.15, 0.2) is 0 Å².